The molecule has 0 aliphatic heterocycles. The number of rotatable bonds is 3. The van der Waals surface area contributed by atoms with Gasteiger partial charge < -0.3 is 9.73 Å². The van der Waals surface area contributed by atoms with Crippen molar-refractivity contribution in [3.63, 3.8) is 0 Å². The predicted octanol–water partition coefficient (Wildman–Crippen LogP) is 3.19. The number of hydrogen-bond acceptors (Lipinski definition) is 5. The molecule has 0 spiro atoms. The molecular formula is C18H11Cl2N3O4. The Morgan fingerprint density at radius 2 is 1.70 bits per heavy atom. The van der Waals surface area contributed by atoms with Crippen LogP contribution in [0.25, 0.3) is 11.0 Å². The van der Waals surface area contributed by atoms with Crippen molar-refractivity contribution in [1.82, 2.24) is 5.43 Å². The number of anilines is 1. The lowest BCUT2D eigenvalue weighted by atomic mass is 10.2. The summed E-state index contributed by atoms with van der Waals surface area (Å²) in [4.78, 5) is 35.9. The van der Waals surface area contributed by atoms with E-state index in [2.05, 4.69) is 10.4 Å². The highest BCUT2D eigenvalue weighted by Gasteiger charge is 2.13. The van der Waals surface area contributed by atoms with Crippen LogP contribution in [-0.4, -0.2) is 18.0 Å². The number of carbonyl (C=O) groups is 2. The van der Waals surface area contributed by atoms with Crippen LogP contribution in [0, 0.1) is 0 Å². The minimum Gasteiger partial charge on any atom is -0.463 e. The molecule has 1 aromatic heterocycles. The number of benzene rings is 2. The molecule has 1 heterocycles. The number of fused-ring (bicyclic) bond motifs is 1. The van der Waals surface area contributed by atoms with Crippen molar-refractivity contribution in [3.05, 3.63) is 74.6 Å². The van der Waals surface area contributed by atoms with Crippen molar-refractivity contribution in [2.45, 2.75) is 0 Å². The predicted molar refractivity (Wildman–Crippen MR) is 103 cm³/mol. The van der Waals surface area contributed by atoms with Crippen molar-refractivity contribution >= 4 is 57.9 Å². The Hall–Kier alpha value is -3.16. The van der Waals surface area contributed by atoms with Gasteiger partial charge in [0, 0.05) is 15.7 Å². The Balaban J connectivity index is 1.68. The van der Waals surface area contributed by atoms with Crippen molar-refractivity contribution in [2.75, 3.05) is 5.32 Å². The van der Waals surface area contributed by atoms with Gasteiger partial charge in [-0.3, -0.25) is 14.4 Å². The molecule has 9 heteroatoms. The zero-order valence-corrected chi connectivity index (χ0v) is 15.0. The summed E-state index contributed by atoms with van der Waals surface area (Å²) >= 11 is 11.6. The van der Waals surface area contributed by atoms with Crippen LogP contribution in [0.5, 0.6) is 0 Å². The first-order chi connectivity index (χ1) is 12.9. The minimum absolute atomic E-state index is 0.0863. The van der Waals surface area contributed by atoms with Crippen LogP contribution < -0.4 is 16.2 Å². The summed E-state index contributed by atoms with van der Waals surface area (Å²) in [6, 6.07) is 10.9. The van der Waals surface area contributed by atoms with Gasteiger partial charge in [0.15, 0.2) is 0 Å². The van der Waals surface area contributed by atoms with E-state index in [1.807, 2.05) is 5.43 Å². The average Bonchev–Trinajstić information content (AvgIpc) is 2.65. The second-order valence-corrected chi connectivity index (χ2v) is 6.19. The van der Waals surface area contributed by atoms with Crippen molar-refractivity contribution in [2.24, 2.45) is 5.10 Å². The van der Waals surface area contributed by atoms with Gasteiger partial charge in [-0.1, -0.05) is 23.2 Å². The van der Waals surface area contributed by atoms with E-state index < -0.39 is 11.8 Å². The number of carbonyl (C=O) groups excluding carboxylic acids is 2. The molecule has 0 bridgehead atoms. The number of halogens is 2. The van der Waals surface area contributed by atoms with Gasteiger partial charge in [-0.05, 0) is 42.5 Å². The summed E-state index contributed by atoms with van der Waals surface area (Å²) in [6.07, 6.45) is 2.28. The molecule has 27 heavy (non-hydrogen) atoms. The Morgan fingerprint density at radius 1 is 1.00 bits per heavy atom. The van der Waals surface area contributed by atoms with Crippen molar-refractivity contribution in [3.8, 4) is 0 Å². The minimum atomic E-state index is -1.01. The van der Waals surface area contributed by atoms with Gasteiger partial charge >= 0.3 is 11.8 Å². The summed E-state index contributed by atoms with van der Waals surface area (Å²) < 4.78 is 5.32. The zero-order valence-electron chi connectivity index (χ0n) is 13.5. The molecule has 2 amide bonds. The fraction of sp³-hybridized carbons (Fsp3) is 0. The molecule has 2 N–H and O–H groups in total. The fourth-order valence-electron chi connectivity index (χ4n) is 2.14. The van der Waals surface area contributed by atoms with E-state index in [0.717, 1.165) is 6.21 Å². The molecule has 0 aliphatic rings. The van der Waals surface area contributed by atoms with Gasteiger partial charge in [-0.15, -0.1) is 0 Å². The SMILES string of the molecule is O=C(NN=Cc1coc2ccc(Cl)cc2c1=O)C(=O)Nc1ccc(Cl)cc1. The Labute approximate surface area is 162 Å². The second kappa shape index (κ2) is 8.03. The molecular weight excluding hydrogens is 393 g/mol. The normalized spacial score (nSPS) is 10.9. The van der Waals surface area contributed by atoms with Crippen LogP contribution in [0.3, 0.4) is 0 Å². The molecule has 3 aromatic rings. The molecule has 0 saturated carbocycles. The maximum atomic E-state index is 12.3. The maximum absolute atomic E-state index is 12.3. The van der Waals surface area contributed by atoms with E-state index in [1.54, 1.807) is 36.4 Å². The average molecular weight is 404 g/mol. The van der Waals surface area contributed by atoms with Crippen molar-refractivity contribution < 1.29 is 14.0 Å². The first-order valence-corrected chi connectivity index (χ1v) is 8.30. The molecule has 7 nitrogen and oxygen atoms in total. The van der Waals surface area contributed by atoms with Gasteiger partial charge in [0.1, 0.15) is 11.8 Å². The van der Waals surface area contributed by atoms with Crippen LogP contribution in [0.2, 0.25) is 10.0 Å². The van der Waals surface area contributed by atoms with Crippen LogP contribution in [0.4, 0.5) is 5.69 Å². The topological polar surface area (TPSA) is 101 Å². The van der Waals surface area contributed by atoms with E-state index in [4.69, 9.17) is 27.6 Å². The van der Waals surface area contributed by atoms with Crippen LogP contribution in [0.1, 0.15) is 5.56 Å². The lowest BCUT2D eigenvalue weighted by Crippen LogP contribution is -2.32. The summed E-state index contributed by atoms with van der Waals surface area (Å²) in [7, 11) is 0. The molecule has 0 atom stereocenters. The monoisotopic (exact) mass is 403 g/mol. The highest BCUT2D eigenvalue weighted by molar-refractivity contribution is 6.39. The van der Waals surface area contributed by atoms with Gasteiger partial charge in [0.2, 0.25) is 5.43 Å². The summed E-state index contributed by atoms with van der Waals surface area (Å²) in [5.41, 5.74) is 2.52. The quantitative estimate of drug-likeness (QED) is 0.398. The Bertz CT molecular complexity index is 1110. The number of amides is 2. The number of nitrogens with one attached hydrogen (secondary N) is 2. The number of hydrazone groups is 1. The Kier molecular flexibility index (Phi) is 5.54. The van der Waals surface area contributed by atoms with Crippen LogP contribution in [0.15, 0.2) is 63.0 Å². The third-order valence-electron chi connectivity index (χ3n) is 3.44. The van der Waals surface area contributed by atoms with E-state index in [0.29, 0.717) is 21.3 Å². The van der Waals surface area contributed by atoms with Crippen LogP contribution in [-0.2, 0) is 9.59 Å². The largest absolute Gasteiger partial charge is 0.463 e. The highest BCUT2D eigenvalue weighted by Crippen LogP contribution is 2.16. The molecule has 136 valence electrons. The number of nitrogens with zero attached hydrogens (tertiary/aromatic N) is 1. The van der Waals surface area contributed by atoms with E-state index in [1.165, 1.54) is 12.3 Å². The summed E-state index contributed by atoms with van der Waals surface area (Å²) in [5.74, 6) is -1.93. The Morgan fingerprint density at radius 3 is 2.44 bits per heavy atom. The molecule has 0 fully saturated rings. The van der Waals surface area contributed by atoms with Gasteiger partial charge in [-0.2, -0.15) is 5.10 Å². The molecule has 0 aliphatic carbocycles. The molecule has 0 radical (unpaired) electrons. The summed E-state index contributed by atoms with van der Waals surface area (Å²) in [6.45, 7) is 0. The standard InChI is InChI=1S/C18H11Cl2N3O4/c19-11-1-4-13(5-2-11)22-17(25)18(26)23-21-8-10-9-27-15-6-3-12(20)7-14(15)16(10)24/h1-9H,(H,22,25)(H,23,26). The molecule has 0 unspecified atom stereocenters. The fourth-order valence-corrected chi connectivity index (χ4v) is 2.44. The first-order valence-electron chi connectivity index (χ1n) is 7.55. The molecule has 0 saturated heterocycles. The van der Waals surface area contributed by atoms with Gasteiger partial charge in [0.25, 0.3) is 0 Å². The smallest absolute Gasteiger partial charge is 0.329 e. The zero-order chi connectivity index (χ0) is 19.4. The highest BCUT2D eigenvalue weighted by atomic mass is 35.5. The van der Waals surface area contributed by atoms with E-state index >= 15 is 0 Å². The number of hydrogen-bond donors (Lipinski definition) is 2. The molecule has 3 rings (SSSR count). The third-order valence-corrected chi connectivity index (χ3v) is 3.93. The van der Waals surface area contributed by atoms with Gasteiger partial charge in [0.05, 0.1) is 17.2 Å². The third kappa shape index (κ3) is 4.52. The van der Waals surface area contributed by atoms with Gasteiger partial charge in [-0.25, -0.2) is 5.43 Å². The molecule has 2 aromatic carbocycles. The van der Waals surface area contributed by atoms with E-state index in [-0.39, 0.29) is 16.4 Å². The second-order valence-electron chi connectivity index (χ2n) is 5.32. The lowest BCUT2D eigenvalue weighted by molar-refractivity contribution is -0.136. The summed E-state index contributed by atoms with van der Waals surface area (Å²) in [5, 5.41) is 7.15. The first kappa shape index (κ1) is 18.6. The maximum Gasteiger partial charge on any atom is 0.329 e. The lowest BCUT2D eigenvalue weighted by Gasteiger charge is -2.03. The van der Waals surface area contributed by atoms with Crippen LogP contribution >= 0.6 is 23.2 Å². The van der Waals surface area contributed by atoms with E-state index in [9.17, 15) is 14.4 Å². The van der Waals surface area contributed by atoms with Crippen molar-refractivity contribution in [1.29, 1.82) is 0 Å².